The Morgan fingerprint density at radius 1 is 1.25 bits per heavy atom. The van der Waals surface area contributed by atoms with Crippen molar-refractivity contribution >= 4 is 17.1 Å². The van der Waals surface area contributed by atoms with Crippen LogP contribution in [0, 0.1) is 5.82 Å². The topological polar surface area (TPSA) is 73.1 Å². The normalized spacial score (nSPS) is 18.2. The third-order valence-electron chi connectivity index (χ3n) is 5.08. The molecule has 1 aliphatic rings. The molecule has 2 aromatic heterocycles. The van der Waals surface area contributed by atoms with Crippen LogP contribution in [0.5, 0.6) is 5.75 Å². The Bertz CT molecular complexity index is 988. The van der Waals surface area contributed by atoms with E-state index < -0.39 is 6.10 Å². The minimum absolute atomic E-state index is 0.0830. The Kier molecular flexibility index (Phi) is 4.93. The molecule has 1 aliphatic heterocycles. The number of hydrogen-bond acceptors (Lipinski definition) is 5. The van der Waals surface area contributed by atoms with Gasteiger partial charge in [-0.05, 0) is 44.0 Å². The Labute approximate surface area is 162 Å². The van der Waals surface area contributed by atoms with Gasteiger partial charge < -0.3 is 9.64 Å². The fraction of sp³-hybridized carbons (Fsp3) is 0.400. The van der Waals surface area contributed by atoms with Crippen LogP contribution in [0.25, 0.3) is 11.2 Å². The molecular formula is C20H22FN5O2. The zero-order chi connectivity index (χ0) is 19.7. The Balaban J connectivity index is 1.48. The molecule has 0 unspecified atom stereocenters. The molecule has 28 heavy (non-hydrogen) atoms. The number of hydrogen-bond donors (Lipinski definition) is 0. The van der Waals surface area contributed by atoms with E-state index in [-0.39, 0.29) is 17.6 Å². The number of fused-ring (bicyclic) bond motifs is 1. The van der Waals surface area contributed by atoms with Crippen molar-refractivity contribution in [2.24, 2.45) is 7.05 Å². The molecular weight excluding hydrogens is 361 g/mol. The monoisotopic (exact) mass is 383 g/mol. The average Bonchev–Trinajstić information content (AvgIpc) is 3.06. The van der Waals surface area contributed by atoms with Gasteiger partial charge in [-0.3, -0.25) is 4.79 Å². The average molecular weight is 383 g/mol. The third kappa shape index (κ3) is 3.54. The summed E-state index contributed by atoms with van der Waals surface area (Å²) in [6, 6.07) is 5.68. The standard InChI is InChI=1S/C20H22FN5O2/c1-13(28-16-7-5-15(21)6-8-16)20(27)26-11-3-4-14(12-26)17-18-19(25(2)24-17)23-10-9-22-18/h5-10,13-14H,3-4,11-12H2,1-2H3/t13-,14-/m1/s1. The van der Waals surface area contributed by atoms with E-state index in [1.807, 2.05) is 11.9 Å². The van der Waals surface area contributed by atoms with Gasteiger partial charge in [0.25, 0.3) is 5.91 Å². The van der Waals surface area contributed by atoms with Gasteiger partial charge >= 0.3 is 0 Å². The van der Waals surface area contributed by atoms with Crippen molar-refractivity contribution in [3.05, 3.63) is 48.2 Å². The molecule has 1 aromatic carbocycles. The Hall–Kier alpha value is -3.03. The number of piperidine rings is 1. The van der Waals surface area contributed by atoms with E-state index in [1.165, 1.54) is 24.3 Å². The van der Waals surface area contributed by atoms with E-state index in [2.05, 4.69) is 15.1 Å². The Morgan fingerprint density at radius 2 is 2.00 bits per heavy atom. The smallest absolute Gasteiger partial charge is 0.263 e. The molecule has 1 amide bonds. The van der Waals surface area contributed by atoms with Gasteiger partial charge in [0.05, 0.1) is 5.69 Å². The number of carbonyl (C=O) groups excluding carboxylic acids is 1. The quantitative estimate of drug-likeness (QED) is 0.693. The molecule has 0 spiro atoms. The molecule has 146 valence electrons. The molecule has 0 aliphatic carbocycles. The number of ether oxygens (including phenoxy) is 1. The zero-order valence-electron chi connectivity index (χ0n) is 15.9. The van der Waals surface area contributed by atoms with Crippen LogP contribution in [0.4, 0.5) is 4.39 Å². The summed E-state index contributed by atoms with van der Waals surface area (Å²) in [6.07, 6.45) is 4.50. The maximum Gasteiger partial charge on any atom is 0.263 e. The predicted molar refractivity (Wildman–Crippen MR) is 101 cm³/mol. The minimum Gasteiger partial charge on any atom is -0.481 e. The fourth-order valence-electron chi connectivity index (χ4n) is 3.70. The van der Waals surface area contributed by atoms with Crippen LogP contribution in [0.15, 0.2) is 36.7 Å². The lowest BCUT2D eigenvalue weighted by molar-refractivity contribution is -0.139. The highest BCUT2D eigenvalue weighted by molar-refractivity contribution is 5.81. The van der Waals surface area contributed by atoms with Crippen molar-refractivity contribution in [3.8, 4) is 5.75 Å². The summed E-state index contributed by atoms with van der Waals surface area (Å²) in [6.45, 7) is 2.97. The van der Waals surface area contributed by atoms with Crippen molar-refractivity contribution in [2.45, 2.75) is 31.8 Å². The van der Waals surface area contributed by atoms with E-state index in [0.29, 0.717) is 18.8 Å². The van der Waals surface area contributed by atoms with Crippen LogP contribution in [-0.2, 0) is 11.8 Å². The van der Waals surface area contributed by atoms with Crippen LogP contribution in [0.1, 0.15) is 31.4 Å². The number of carbonyl (C=O) groups is 1. The summed E-state index contributed by atoms with van der Waals surface area (Å²) in [7, 11) is 1.85. The van der Waals surface area contributed by atoms with E-state index in [4.69, 9.17) is 4.74 Å². The predicted octanol–water partition coefficient (Wildman–Crippen LogP) is 2.68. The van der Waals surface area contributed by atoms with E-state index >= 15 is 0 Å². The fourth-order valence-corrected chi connectivity index (χ4v) is 3.70. The minimum atomic E-state index is -0.649. The first-order valence-corrected chi connectivity index (χ1v) is 9.37. The lowest BCUT2D eigenvalue weighted by Gasteiger charge is -2.33. The highest BCUT2D eigenvalue weighted by atomic mass is 19.1. The first-order valence-electron chi connectivity index (χ1n) is 9.37. The number of likely N-dealkylation sites (tertiary alicyclic amines) is 1. The molecule has 1 fully saturated rings. The molecule has 8 heteroatoms. The highest BCUT2D eigenvalue weighted by Crippen LogP contribution is 2.30. The van der Waals surface area contributed by atoms with Crippen LogP contribution < -0.4 is 4.74 Å². The van der Waals surface area contributed by atoms with Crippen LogP contribution in [0.2, 0.25) is 0 Å². The third-order valence-corrected chi connectivity index (χ3v) is 5.08. The van der Waals surface area contributed by atoms with Gasteiger partial charge in [0, 0.05) is 38.4 Å². The maximum absolute atomic E-state index is 13.0. The first kappa shape index (κ1) is 18.3. The summed E-state index contributed by atoms with van der Waals surface area (Å²) in [5.74, 6) is 0.161. The summed E-state index contributed by atoms with van der Waals surface area (Å²) < 4.78 is 20.5. The SMILES string of the molecule is C[C@@H](Oc1ccc(F)cc1)C(=O)N1CCC[C@@H](c2nn(C)c3nccnc23)C1. The van der Waals surface area contributed by atoms with E-state index in [9.17, 15) is 9.18 Å². The lowest BCUT2D eigenvalue weighted by atomic mass is 9.94. The number of amides is 1. The number of aryl methyl sites for hydroxylation is 1. The zero-order valence-corrected chi connectivity index (χ0v) is 15.9. The molecule has 0 bridgehead atoms. The van der Waals surface area contributed by atoms with Gasteiger partial charge in [-0.2, -0.15) is 5.10 Å². The molecule has 0 saturated carbocycles. The second-order valence-corrected chi connectivity index (χ2v) is 7.07. The lowest BCUT2D eigenvalue weighted by Crippen LogP contribution is -2.45. The van der Waals surface area contributed by atoms with E-state index in [0.717, 1.165) is 29.7 Å². The molecule has 7 nitrogen and oxygen atoms in total. The number of nitrogens with zero attached hydrogens (tertiary/aromatic N) is 5. The van der Waals surface area contributed by atoms with Crippen molar-refractivity contribution in [3.63, 3.8) is 0 Å². The second-order valence-electron chi connectivity index (χ2n) is 7.07. The first-order chi connectivity index (χ1) is 13.5. The highest BCUT2D eigenvalue weighted by Gasteiger charge is 2.31. The second kappa shape index (κ2) is 7.53. The van der Waals surface area contributed by atoms with Crippen molar-refractivity contribution in [1.82, 2.24) is 24.6 Å². The maximum atomic E-state index is 13.0. The largest absolute Gasteiger partial charge is 0.481 e. The molecule has 1 saturated heterocycles. The van der Waals surface area contributed by atoms with Crippen LogP contribution >= 0.6 is 0 Å². The van der Waals surface area contributed by atoms with Crippen LogP contribution in [-0.4, -0.2) is 49.7 Å². The molecule has 4 rings (SSSR count). The van der Waals surface area contributed by atoms with Gasteiger partial charge in [-0.25, -0.2) is 19.0 Å². The molecule has 3 heterocycles. The van der Waals surface area contributed by atoms with Crippen molar-refractivity contribution in [2.75, 3.05) is 13.1 Å². The summed E-state index contributed by atoms with van der Waals surface area (Å²) in [4.78, 5) is 23.5. The van der Waals surface area contributed by atoms with Gasteiger partial charge in [-0.1, -0.05) is 0 Å². The molecule has 3 aromatic rings. The molecule has 0 radical (unpaired) electrons. The van der Waals surface area contributed by atoms with Crippen molar-refractivity contribution in [1.29, 1.82) is 0 Å². The molecule has 2 atom stereocenters. The molecule has 0 N–H and O–H groups in total. The Morgan fingerprint density at radius 3 is 2.79 bits per heavy atom. The van der Waals surface area contributed by atoms with Gasteiger partial charge in [-0.15, -0.1) is 0 Å². The van der Waals surface area contributed by atoms with E-state index in [1.54, 1.807) is 24.0 Å². The summed E-state index contributed by atoms with van der Waals surface area (Å²) >= 11 is 0. The number of halogens is 1. The summed E-state index contributed by atoms with van der Waals surface area (Å²) in [5.41, 5.74) is 2.42. The number of benzene rings is 1. The van der Waals surface area contributed by atoms with Gasteiger partial charge in [0.1, 0.15) is 17.1 Å². The van der Waals surface area contributed by atoms with Gasteiger partial charge in [0.15, 0.2) is 11.8 Å². The van der Waals surface area contributed by atoms with Crippen molar-refractivity contribution < 1.29 is 13.9 Å². The number of rotatable bonds is 4. The summed E-state index contributed by atoms with van der Waals surface area (Å²) in [5, 5.41) is 4.61. The van der Waals surface area contributed by atoms with Crippen LogP contribution in [0.3, 0.4) is 0 Å². The number of aromatic nitrogens is 4. The van der Waals surface area contributed by atoms with Gasteiger partial charge in [0.2, 0.25) is 0 Å².